The number of fused-ring (bicyclic) bond motifs is 1. The highest BCUT2D eigenvalue weighted by Gasteiger charge is 2.21. The van der Waals surface area contributed by atoms with Gasteiger partial charge >= 0.3 is 0 Å². The van der Waals surface area contributed by atoms with Gasteiger partial charge in [0.25, 0.3) is 5.91 Å². The standard InChI is InChI=1S/C29H35N9O/c30-21-5-9-23(10-6-21)34-27-17-25(33-22-7-3-20(4-8-22)19-37-15-1-2-16-37)28-32-18-26(38(28)36-27)29(39)35-24-11-13-31-14-12-24/h3-4,7-8,11-14,17-18,21,23,33H,1-2,5-6,9-10,15-16,19,30H2,(H,34,36)(H,31,35,39)/t21-,23-. The summed E-state index contributed by atoms with van der Waals surface area (Å²) in [6.07, 6.45) is 11.4. The van der Waals surface area contributed by atoms with Crippen LogP contribution in [-0.4, -0.2) is 55.6 Å². The molecule has 10 heteroatoms. The van der Waals surface area contributed by atoms with Crippen LogP contribution in [-0.2, 0) is 6.54 Å². The van der Waals surface area contributed by atoms with Crippen LogP contribution in [0, 0.1) is 0 Å². The number of carbonyl (C=O) groups excluding carboxylic acids is 1. The number of hydrogen-bond donors (Lipinski definition) is 4. The van der Waals surface area contributed by atoms with Crippen molar-refractivity contribution in [1.29, 1.82) is 0 Å². The van der Waals surface area contributed by atoms with E-state index in [2.05, 4.69) is 55.1 Å². The predicted octanol–water partition coefficient (Wildman–Crippen LogP) is 4.40. The minimum atomic E-state index is -0.292. The van der Waals surface area contributed by atoms with Crippen LogP contribution in [0.5, 0.6) is 0 Å². The van der Waals surface area contributed by atoms with Gasteiger partial charge in [0.2, 0.25) is 0 Å². The van der Waals surface area contributed by atoms with Crippen LogP contribution < -0.4 is 21.7 Å². The first-order valence-electron chi connectivity index (χ1n) is 13.8. The first-order valence-corrected chi connectivity index (χ1v) is 13.8. The lowest BCUT2D eigenvalue weighted by molar-refractivity contribution is 0.102. The van der Waals surface area contributed by atoms with Crippen LogP contribution in [0.1, 0.15) is 54.6 Å². The third-order valence-corrected chi connectivity index (χ3v) is 7.60. The van der Waals surface area contributed by atoms with Crippen molar-refractivity contribution in [1.82, 2.24) is 24.5 Å². The number of benzene rings is 1. The first-order chi connectivity index (χ1) is 19.1. The van der Waals surface area contributed by atoms with E-state index < -0.39 is 0 Å². The molecule has 1 aliphatic heterocycles. The van der Waals surface area contributed by atoms with Crippen LogP contribution in [0.2, 0.25) is 0 Å². The summed E-state index contributed by atoms with van der Waals surface area (Å²) in [7, 11) is 0. The van der Waals surface area contributed by atoms with E-state index in [0.717, 1.165) is 43.6 Å². The van der Waals surface area contributed by atoms with Crippen molar-refractivity contribution in [2.75, 3.05) is 29.0 Å². The molecule has 4 heterocycles. The van der Waals surface area contributed by atoms with Gasteiger partial charge in [-0.3, -0.25) is 14.7 Å². The lowest BCUT2D eigenvalue weighted by Gasteiger charge is -2.27. The van der Waals surface area contributed by atoms with Gasteiger partial charge in [-0.1, -0.05) is 12.1 Å². The maximum Gasteiger partial charge on any atom is 0.276 e. The number of likely N-dealkylation sites (tertiary alicyclic amines) is 1. The second-order valence-electron chi connectivity index (χ2n) is 10.6. The zero-order valence-corrected chi connectivity index (χ0v) is 22.0. The largest absolute Gasteiger partial charge is 0.366 e. The Hall–Kier alpha value is -4.02. The van der Waals surface area contributed by atoms with E-state index in [1.807, 2.05) is 6.07 Å². The molecule has 202 valence electrons. The number of imidazole rings is 1. The third kappa shape index (κ3) is 6.02. The molecule has 0 atom stereocenters. The SMILES string of the molecule is N[C@H]1CC[C@H](Nc2cc(Nc3ccc(CN4CCCC4)cc3)c3ncc(C(=O)Nc4ccncc4)n3n2)CC1. The van der Waals surface area contributed by atoms with Crippen molar-refractivity contribution in [3.63, 3.8) is 0 Å². The minimum absolute atomic E-state index is 0.265. The number of nitrogens with two attached hydrogens (primary N) is 1. The Morgan fingerprint density at radius 1 is 0.974 bits per heavy atom. The Morgan fingerprint density at radius 2 is 1.72 bits per heavy atom. The van der Waals surface area contributed by atoms with Gasteiger partial charge in [-0.25, -0.2) is 9.50 Å². The number of amides is 1. The highest BCUT2D eigenvalue weighted by Crippen LogP contribution is 2.27. The number of nitrogens with one attached hydrogen (secondary N) is 3. The van der Waals surface area contributed by atoms with Gasteiger partial charge in [0.15, 0.2) is 11.3 Å². The summed E-state index contributed by atoms with van der Waals surface area (Å²) >= 11 is 0. The highest BCUT2D eigenvalue weighted by molar-refractivity contribution is 6.03. The fourth-order valence-corrected chi connectivity index (χ4v) is 5.44. The maximum absolute atomic E-state index is 13.2. The lowest BCUT2D eigenvalue weighted by atomic mass is 9.92. The zero-order valence-electron chi connectivity index (χ0n) is 22.0. The van der Waals surface area contributed by atoms with Crippen LogP contribution in [0.25, 0.3) is 5.65 Å². The second kappa shape index (κ2) is 11.4. The van der Waals surface area contributed by atoms with Crippen molar-refractivity contribution in [2.45, 2.75) is 57.2 Å². The molecule has 39 heavy (non-hydrogen) atoms. The van der Waals surface area contributed by atoms with Gasteiger partial charge in [0, 0.05) is 48.5 Å². The summed E-state index contributed by atoms with van der Waals surface area (Å²) in [6, 6.07) is 14.5. The van der Waals surface area contributed by atoms with Crippen LogP contribution in [0.4, 0.5) is 22.9 Å². The van der Waals surface area contributed by atoms with Crippen molar-refractivity contribution < 1.29 is 4.79 Å². The molecule has 0 spiro atoms. The van der Waals surface area contributed by atoms with Crippen LogP contribution in [0.15, 0.2) is 61.1 Å². The van der Waals surface area contributed by atoms with E-state index in [-0.39, 0.29) is 18.0 Å². The first kappa shape index (κ1) is 25.3. The Bertz CT molecular complexity index is 1410. The molecule has 1 amide bonds. The molecule has 6 rings (SSSR count). The molecule has 0 bridgehead atoms. The molecule has 1 aromatic carbocycles. The number of hydrogen-bond acceptors (Lipinski definition) is 8. The van der Waals surface area contributed by atoms with E-state index in [9.17, 15) is 4.79 Å². The highest BCUT2D eigenvalue weighted by atomic mass is 16.2. The molecule has 0 unspecified atom stereocenters. The fourth-order valence-electron chi connectivity index (χ4n) is 5.44. The van der Waals surface area contributed by atoms with E-state index in [1.165, 1.54) is 31.5 Å². The lowest BCUT2D eigenvalue weighted by Crippen LogP contribution is -2.33. The van der Waals surface area contributed by atoms with Gasteiger partial charge in [-0.05, 0) is 81.4 Å². The third-order valence-electron chi connectivity index (χ3n) is 7.60. The molecule has 2 aliphatic rings. The smallest absolute Gasteiger partial charge is 0.276 e. The summed E-state index contributed by atoms with van der Waals surface area (Å²) in [6.45, 7) is 3.33. The Morgan fingerprint density at radius 3 is 2.46 bits per heavy atom. The van der Waals surface area contributed by atoms with Gasteiger partial charge in [0.1, 0.15) is 5.82 Å². The summed E-state index contributed by atoms with van der Waals surface area (Å²) in [5.41, 5.74) is 10.7. The number of rotatable bonds is 8. The van der Waals surface area contributed by atoms with E-state index >= 15 is 0 Å². The molecular formula is C29H35N9O. The molecule has 0 radical (unpaired) electrons. The summed E-state index contributed by atoms with van der Waals surface area (Å²) in [4.78, 5) is 24.3. The summed E-state index contributed by atoms with van der Waals surface area (Å²) in [5, 5.41) is 14.8. The molecule has 10 nitrogen and oxygen atoms in total. The van der Waals surface area contributed by atoms with Crippen molar-refractivity contribution in [3.8, 4) is 0 Å². The number of carbonyl (C=O) groups is 1. The van der Waals surface area contributed by atoms with E-state index in [1.54, 1.807) is 35.2 Å². The molecular weight excluding hydrogens is 490 g/mol. The number of aromatic nitrogens is 4. The van der Waals surface area contributed by atoms with Crippen molar-refractivity contribution >= 4 is 34.4 Å². The molecule has 5 N–H and O–H groups in total. The van der Waals surface area contributed by atoms with Gasteiger partial charge in [0.05, 0.1) is 11.9 Å². The van der Waals surface area contributed by atoms with Crippen molar-refractivity contribution in [3.05, 3.63) is 72.3 Å². The zero-order chi connectivity index (χ0) is 26.6. The number of pyridine rings is 1. The van der Waals surface area contributed by atoms with Crippen LogP contribution >= 0.6 is 0 Å². The quantitative estimate of drug-likeness (QED) is 0.267. The average Bonchev–Trinajstić information content (AvgIpc) is 3.62. The molecule has 1 aliphatic carbocycles. The van der Waals surface area contributed by atoms with E-state index in [0.29, 0.717) is 22.8 Å². The number of nitrogens with zero attached hydrogens (tertiary/aromatic N) is 5. The Kier molecular flexibility index (Phi) is 7.38. The predicted molar refractivity (Wildman–Crippen MR) is 153 cm³/mol. The second-order valence-corrected chi connectivity index (χ2v) is 10.6. The topological polar surface area (TPSA) is 126 Å². The van der Waals surface area contributed by atoms with E-state index in [4.69, 9.17) is 10.8 Å². The molecule has 3 aromatic heterocycles. The summed E-state index contributed by atoms with van der Waals surface area (Å²) in [5.74, 6) is 0.395. The maximum atomic E-state index is 13.2. The fraction of sp³-hybridized carbons (Fsp3) is 0.379. The minimum Gasteiger partial charge on any atom is -0.366 e. The van der Waals surface area contributed by atoms with Gasteiger partial charge < -0.3 is 21.7 Å². The van der Waals surface area contributed by atoms with Crippen LogP contribution in [0.3, 0.4) is 0 Å². The molecule has 2 fully saturated rings. The molecule has 4 aromatic rings. The van der Waals surface area contributed by atoms with Crippen molar-refractivity contribution in [2.24, 2.45) is 5.73 Å². The van der Waals surface area contributed by atoms with Gasteiger partial charge in [-0.2, -0.15) is 0 Å². The average molecular weight is 526 g/mol. The Balaban J connectivity index is 1.28. The summed E-state index contributed by atoms with van der Waals surface area (Å²) < 4.78 is 1.61. The molecule has 1 saturated carbocycles. The Labute approximate surface area is 228 Å². The number of anilines is 4. The van der Waals surface area contributed by atoms with Gasteiger partial charge in [-0.15, -0.1) is 5.10 Å². The normalized spacial score (nSPS) is 19.7. The monoisotopic (exact) mass is 525 g/mol. The molecule has 1 saturated heterocycles.